The first-order chi connectivity index (χ1) is 12.0. The summed E-state index contributed by atoms with van der Waals surface area (Å²) < 4.78 is 10.7. The highest BCUT2D eigenvalue weighted by Gasteiger charge is 2.67. The van der Waals surface area contributed by atoms with Crippen LogP contribution in [-0.2, 0) is 19.1 Å². The van der Waals surface area contributed by atoms with Gasteiger partial charge in [-0.3, -0.25) is 9.59 Å². The Hall–Kier alpha value is -2.51. The van der Waals surface area contributed by atoms with Crippen molar-refractivity contribution >= 4 is 23.5 Å². The minimum absolute atomic E-state index is 0.235. The second-order valence-electron chi connectivity index (χ2n) is 6.34. The molecular weight excluding hydrogens is 326 g/mol. The number of aliphatic hydroxyl groups is 1. The lowest BCUT2D eigenvalue weighted by molar-refractivity contribution is -0.128. The number of amides is 2. The maximum absolute atomic E-state index is 12.9. The number of hydrogen-bond donors (Lipinski definition) is 1. The van der Waals surface area contributed by atoms with Gasteiger partial charge >= 0.3 is 5.97 Å². The molecule has 3 aliphatic heterocycles. The van der Waals surface area contributed by atoms with Crippen molar-refractivity contribution in [2.75, 3.05) is 18.1 Å². The number of imide groups is 1. The Bertz CT molecular complexity index is 803. The normalized spacial score (nSPS) is 32.4. The standard InChI is InChI=1S/C18H17NO6/c1-2-24-17(23)10-4-3-5-11(8-10)19-15(21)13-12-6-7-18(9-20,25-12)14(13)16(19)22/h3-8,12-14,20H,2,9H2,1H3/t12-,13+,14+,18+/m1/s1. The molecule has 1 aromatic carbocycles. The second-order valence-corrected chi connectivity index (χ2v) is 6.34. The Morgan fingerprint density at radius 1 is 1.36 bits per heavy atom. The number of nitrogens with zero attached hydrogens (tertiary/aromatic N) is 1. The van der Waals surface area contributed by atoms with E-state index in [1.807, 2.05) is 0 Å². The summed E-state index contributed by atoms with van der Waals surface area (Å²) in [7, 11) is 0. The van der Waals surface area contributed by atoms with E-state index in [1.54, 1.807) is 37.3 Å². The topological polar surface area (TPSA) is 93.1 Å². The van der Waals surface area contributed by atoms with Crippen LogP contribution in [0.1, 0.15) is 17.3 Å². The molecule has 1 aromatic rings. The Kier molecular flexibility index (Phi) is 3.52. The first-order valence-electron chi connectivity index (χ1n) is 8.15. The van der Waals surface area contributed by atoms with Crippen LogP contribution in [0.5, 0.6) is 0 Å². The molecule has 0 unspecified atom stereocenters. The van der Waals surface area contributed by atoms with Gasteiger partial charge in [-0.05, 0) is 25.1 Å². The zero-order valence-electron chi connectivity index (χ0n) is 13.5. The third-order valence-corrected chi connectivity index (χ3v) is 5.02. The van der Waals surface area contributed by atoms with Gasteiger partial charge in [-0.15, -0.1) is 0 Å². The van der Waals surface area contributed by atoms with Crippen molar-refractivity contribution in [3.8, 4) is 0 Å². The molecule has 0 saturated carbocycles. The fourth-order valence-electron chi connectivity index (χ4n) is 3.92. The Morgan fingerprint density at radius 3 is 2.88 bits per heavy atom. The first kappa shape index (κ1) is 16.0. The number of esters is 1. The van der Waals surface area contributed by atoms with Crippen molar-refractivity contribution in [3.63, 3.8) is 0 Å². The van der Waals surface area contributed by atoms with Gasteiger partial charge in [-0.1, -0.05) is 18.2 Å². The van der Waals surface area contributed by atoms with Crippen LogP contribution in [-0.4, -0.2) is 47.8 Å². The van der Waals surface area contributed by atoms with Gasteiger partial charge in [-0.25, -0.2) is 9.69 Å². The number of fused-ring (bicyclic) bond motifs is 5. The van der Waals surface area contributed by atoms with E-state index in [2.05, 4.69) is 0 Å². The van der Waals surface area contributed by atoms with Crippen molar-refractivity contribution < 1.29 is 29.0 Å². The van der Waals surface area contributed by atoms with Crippen LogP contribution in [0.25, 0.3) is 0 Å². The van der Waals surface area contributed by atoms with E-state index in [0.29, 0.717) is 5.69 Å². The number of anilines is 1. The van der Waals surface area contributed by atoms with Crippen LogP contribution in [0.2, 0.25) is 0 Å². The smallest absolute Gasteiger partial charge is 0.338 e. The predicted octanol–water partition coefficient (Wildman–Crippen LogP) is 0.669. The summed E-state index contributed by atoms with van der Waals surface area (Å²) in [6.07, 6.45) is 2.88. The van der Waals surface area contributed by atoms with E-state index in [0.717, 1.165) is 4.90 Å². The summed E-state index contributed by atoms with van der Waals surface area (Å²) in [5, 5.41) is 9.71. The molecule has 0 aromatic heterocycles. The average Bonchev–Trinajstić information content (AvgIpc) is 3.26. The maximum atomic E-state index is 12.9. The molecule has 4 rings (SSSR count). The van der Waals surface area contributed by atoms with E-state index >= 15 is 0 Å². The van der Waals surface area contributed by atoms with Crippen LogP contribution in [0.4, 0.5) is 5.69 Å². The fourth-order valence-corrected chi connectivity index (χ4v) is 3.92. The molecule has 130 valence electrons. The molecule has 7 nitrogen and oxygen atoms in total. The van der Waals surface area contributed by atoms with Gasteiger partial charge in [0, 0.05) is 0 Å². The Labute approximate surface area is 143 Å². The number of benzene rings is 1. The van der Waals surface area contributed by atoms with Crippen molar-refractivity contribution in [2.45, 2.75) is 18.6 Å². The second kappa shape index (κ2) is 5.50. The summed E-state index contributed by atoms with van der Waals surface area (Å²) in [4.78, 5) is 38.8. The first-order valence-corrected chi connectivity index (χ1v) is 8.15. The molecule has 25 heavy (non-hydrogen) atoms. The van der Waals surface area contributed by atoms with Gasteiger partial charge in [0.25, 0.3) is 0 Å². The number of carbonyl (C=O) groups is 3. The summed E-state index contributed by atoms with van der Waals surface area (Å²) in [6.45, 7) is 1.57. The molecule has 4 atom stereocenters. The molecule has 2 bridgehead atoms. The van der Waals surface area contributed by atoms with Crippen LogP contribution < -0.4 is 4.90 Å². The third-order valence-electron chi connectivity index (χ3n) is 5.02. The maximum Gasteiger partial charge on any atom is 0.338 e. The summed E-state index contributed by atoms with van der Waals surface area (Å²) in [6, 6.07) is 6.23. The Morgan fingerprint density at radius 2 is 2.16 bits per heavy atom. The average molecular weight is 343 g/mol. The number of ether oxygens (including phenoxy) is 2. The monoisotopic (exact) mass is 343 g/mol. The number of carbonyl (C=O) groups excluding carboxylic acids is 3. The lowest BCUT2D eigenvalue weighted by atomic mass is 9.77. The fraction of sp³-hybridized carbons (Fsp3) is 0.389. The molecule has 0 radical (unpaired) electrons. The van der Waals surface area contributed by atoms with Gasteiger partial charge in [0.1, 0.15) is 5.60 Å². The molecule has 2 amide bonds. The van der Waals surface area contributed by atoms with Crippen LogP contribution >= 0.6 is 0 Å². The molecule has 2 saturated heterocycles. The van der Waals surface area contributed by atoms with Crippen molar-refractivity contribution in [1.29, 1.82) is 0 Å². The number of aliphatic hydroxyl groups excluding tert-OH is 1. The van der Waals surface area contributed by atoms with Gasteiger partial charge in [0.15, 0.2) is 0 Å². The largest absolute Gasteiger partial charge is 0.462 e. The van der Waals surface area contributed by atoms with E-state index in [-0.39, 0.29) is 24.7 Å². The quantitative estimate of drug-likeness (QED) is 0.491. The van der Waals surface area contributed by atoms with Crippen molar-refractivity contribution in [3.05, 3.63) is 42.0 Å². The molecule has 2 fully saturated rings. The van der Waals surface area contributed by atoms with E-state index < -0.39 is 35.4 Å². The van der Waals surface area contributed by atoms with Crippen molar-refractivity contribution in [2.24, 2.45) is 11.8 Å². The van der Waals surface area contributed by atoms with Gasteiger partial charge in [-0.2, -0.15) is 0 Å². The third kappa shape index (κ3) is 2.09. The molecule has 0 aliphatic carbocycles. The van der Waals surface area contributed by atoms with Gasteiger partial charge < -0.3 is 14.6 Å². The zero-order valence-corrected chi connectivity index (χ0v) is 13.5. The summed E-state index contributed by atoms with van der Waals surface area (Å²) in [5.74, 6) is -2.69. The predicted molar refractivity (Wildman–Crippen MR) is 85.7 cm³/mol. The molecule has 3 heterocycles. The number of rotatable bonds is 4. The van der Waals surface area contributed by atoms with Gasteiger partial charge in [0.05, 0.1) is 42.4 Å². The van der Waals surface area contributed by atoms with Crippen molar-refractivity contribution in [1.82, 2.24) is 0 Å². The molecule has 1 N–H and O–H groups in total. The van der Waals surface area contributed by atoms with E-state index in [1.165, 1.54) is 6.07 Å². The summed E-state index contributed by atoms with van der Waals surface area (Å²) >= 11 is 0. The molecule has 3 aliphatic rings. The van der Waals surface area contributed by atoms with E-state index in [4.69, 9.17) is 9.47 Å². The lowest BCUT2D eigenvalue weighted by Crippen LogP contribution is -2.43. The van der Waals surface area contributed by atoms with Gasteiger partial charge in [0.2, 0.25) is 11.8 Å². The summed E-state index contributed by atoms with van der Waals surface area (Å²) in [5.41, 5.74) is -0.538. The van der Waals surface area contributed by atoms with Crippen LogP contribution in [0.3, 0.4) is 0 Å². The van der Waals surface area contributed by atoms with Crippen LogP contribution in [0.15, 0.2) is 36.4 Å². The molecule has 0 spiro atoms. The zero-order chi connectivity index (χ0) is 17.8. The minimum atomic E-state index is -1.13. The van der Waals surface area contributed by atoms with Crippen LogP contribution in [0, 0.1) is 11.8 Å². The SMILES string of the molecule is CCOC(=O)c1cccc(N2C(=O)[C@@H]3[C@@H](C2=O)[C@@]2(CO)C=C[C@H]3O2)c1. The Balaban J connectivity index is 1.70. The highest BCUT2D eigenvalue weighted by atomic mass is 16.5. The minimum Gasteiger partial charge on any atom is -0.462 e. The number of hydrogen-bond acceptors (Lipinski definition) is 6. The lowest BCUT2D eigenvalue weighted by Gasteiger charge is -2.26. The van der Waals surface area contributed by atoms with E-state index in [9.17, 15) is 19.5 Å². The highest BCUT2D eigenvalue weighted by molar-refractivity contribution is 6.23. The molecular formula is C18H17NO6. The molecule has 7 heteroatoms. The highest BCUT2D eigenvalue weighted by Crippen LogP contribution is 2.52.